The van der Waals surface area contributed by atoms with Crippen molar-refractivity contribution in [2.24, 2.45) is 5.73 Å². The zero-order chi connectivity index (χ0) is 14.4. The third kappa shape index (κ3) is 3.61. The highest BCUT2D eigenvalue weighted by Gasteiger charge is 2.08. The van der Waals surface area contributed by atoms with Gasteiger partial charge in [0.2, 0.25) is 5.88 Å². The summed E-state index contributed by atoms with van der Waals surface area (Å²) in [5, 5.41) is 0. The minimum absolute atomic E-state index is 0.193. The van der Waals surface area contributed by atoms with Crippen molar-refractivity contribution >= 4 is 11.6 Å². The summed E-state index contributed by atoms with van der Waals surface area (Å²) in [7, 11) is 0. The van der Waals surface area contributed by atoms with Crippen LogP contribution in [-0.4, -0.2) is 24.1 Å². The van der Waals surface area contributed by atoms with Crippen molar-refractivity contribution in [3.8, 4) is 11.6 Å². The highest BCUT2D eigenvalue weighted by Crippen LogP contribution is 2.16. The number of nitrogens with zero attached hydrogens (tertiary/aromatic N) is 1. The molecule has 0 atom stereocenters. The average Bonchev–Trinajstić information content (AvgIpc) is 2.46. The van der Waals surface area contributed by atoms with Crippen LogP contribution in [0.25, 0.3) is 0 Å². The third-order valence-electron chi connectivity index (χ3n) is 2.52. The number of amides is 1. The number of anilines is 1. The van der Waals surface area contributed by atoms with Gasteiger partial charge in [-0.15, -0.1) is 0 Å². The number of carbonyl (C=O) groups excluding carboxylic acids is 1. The van der Waals surface area contributed by atoms with E-state index in [0.717, 1.165) is 5.75 Å². The molecule has 1 aromatic carbocycles. The molecule has 0 saturated carbocycles. The number of carbonyl (C=O) groups is 1. The second-order valence-electron chi connectivity index (χ2n) is 3.98. The van der Waals surface area contributed by atoms with Gasteiger partial charge in [0.05, 0.1) is 17.4 Å². The summed E-state index contributed by atoms with van der Waals surface area (Å²) in [6.07, 6.45) is 1.34. The van der Waals surface area contributed by atoms with Crippen LogP contribution in [0.5, 0.6) is 11.6 Å². The summed E-state index contributed by atoms with van der Waals surface area (Å²) in [5.74, 6) is 0.430. The summed E-state index contributed by atoms with van der Waals surface area (Å²) in [6, 6.07) is 10.8. The Labute approximate surface area is 116 Å². The molecular weight excluding hydrogens is 258 g/mol. The lowest BCUT2D eigenvalue weighted by atomic mass is 10.2. The molecule has 0 aliphatic carbocycles. The van der Waals surface area contributed by atoms with Gasteiger partial charge in [0.15, 0.2) is 0 Å². The Balaban J connectivity index is 1.85. The SMILES string of the molecule is NC(=O)c1cc(OCCOc2ccccc2)ncc1N. The van der Waals surface area contributed by atoms with E-state index in [1.165, 1.54) is 12.3 Å². The van der Waals surface area contributed by atoms with Crippen molar-refractivity contribution in [2.45, 2.75) is 0 Å². The van der Waals surface area contributed by atoms with Gasteiger partial charge in [-0.3, -0.25) is 4.79 Å². The highest BCUT2D eigenvalue weighted by molar-refractivity contribution is 5.97. The Bertz CT molecular complexity index is 587. The van der Waals surface area contributed by atoms with Crippen LogP contribution in [-0.2, 0) is 0 Å². The molecule has 0 unspecified atom stereocenters. The number of para-hydroxylation sites is 1. The number of ether oxygens (including phenoxy) is 2. The number of nitrogens with two attached hydrogens (primary N) is 2. The molecule has 2 aromatic rings. The molecule has 0 bridgehead atoms. The van der Waals surface area contributed by atoms with Crippen LogP contribution < -0.4 is 20.9 Å². The lowest BCUT2D eigenvalue weighted by molar-refractivity contribution is 0.100. The number of hydrogen-bond donors (Lipinski definition) is 2. The quantitative estimate of drug-likeness (QED) is 0.771. The van der Waals surface area contributed by atoms with E-state index in [-0.39, 0.29) is 17.1 Å². The molecule has 20 heavy (non-hydrogen) atoms. The van der Waals surface area contributed by atoms with Gasteiger partial charge in [-0.05, 0) is 12.1 Å². The van der Waals surface area contributed by atoms with Gasteiger partial charge >= 0.3 is 0 Å². The Morgan fingerprint density at radius 3 is 2.55 bits per heavy atom. The number of aromatic nitrogens is 1. The first-order valence-corrected chi connectivity index (χ1v) is 6.03. The molecule has 4 N–H and O–H groups in total. The fraction of sp³-hybridized carbons (Fsp3) is 0.143. The first-order valence-electron chi connectivity index (χ1n) is 6.03. The Hall–Kier alpha value is -2.76. The molecule has 1 heterocycles. The van der Waals surface area contributed by atoms with E-state index in [1.807, 2.05) is 30.3 Å². The number of benzene rings is 1. The topological polar surface area (TPSA) is 100 Å². The van der Waals surface area contributed by atoms with Crippen LogP contribution in [0.2, 0.25) is 0 Å². The van der Waals surface area contributed by atoms with E-state index in [1.54, 1.807) is 0 Å². The maximum atomic E-state index is 11.1. The minimum Gasteiger partial charge on any atom is -0.490 e. The minimum atomic E-state index is -0.615. The van der Waals surface area contributed by atoms with Crippen LogP contribution in [0.3, 0.4) is 0 Å². The van der Waals surface area contributed by atoms with E-state index in [0.29, 0.717) is 13.2 Å². The van der Waals surface area contributed by atoms with Gasteiger partial charge in [0.1, 0.15) is 19.0 Å². The van der Waals surface area contributed by atoms with Crippen molar-refractivity contribution in [3.05, 3.63) is 48.2 Å². The van der Waals surface area contributed by atoms with E-state index in [2.05, 4.69) is 4.98 Å². The predicted molar refractivity (Wildman–Crippen MR) is 74.6 cm³/mol. The van der Waals surface area contributed by atoms with Crippen LogP contribution >= 0.6 is 0 Å². The predicted octanol–water partition coefficient (Wildman–Crippen LogP) is 1.22. The first-order chi connectivity index (χ1) is 9.66. The third-order valence-corrected chi connectivity index (χ3v) is 2.52. The molecule has 0 aliphatic rings. The average molecular weight is 273 g/mol. The second-order valence-corrected chi connectivity index (χ2v) is 3.98. The van der Waals surface area contributed by atoms with Gasteiger partial charge < -0.3 is 20.9 Å². The molecule has 6 heteroatoms. The van der Waals surface area contributed by atoms with Crippen molar-refractivity contribution in [2.75, 3.05) is 18.9 Å². The molecule has 1 aromatic heterocycles. The maximum Gasteiger partial charge on any atom is 0.251 e. The number of pyridine rings is 1. The zero-order valence-corrected chi connectivity index (χ0v) is 10.8. The lowest BCUT2D eigenvalue weighted by Crippen LogP contribution is -2.15. The molecule has 6 nitrogen and oxygen atoms in total. The van der Waals surface area contributed by atoms with Crippen LogP contribution in [0.1, 0.15) is 10.4 Å². The van der Waals surface area contributed by atoms with E-state index < -0.39 is 5.91 Å². The van der Waals surface area contributed by atoms with Crippen molar-refractivity contribution in [3.63, 3.8) is 0 Å². The Morgan fingerprint density at radius 1 is 1.15 bits per heavy atom. The monoisotopic (exact) mass is 273 g/mol. The Morgan fingerprint density at radius 2 is 1.85 bits per heavy atom. The molecular formula is C14H15N3O3. The fourth-order valence-corrected chi connectivity index (χ4v) is 1.56. The smallest absolute Gasteiger partial charge is 0.251 e. The Kier molecular flexibility index (Phi) is 4.39. The molecule has 0 saturated heterocycles. The fourth-order valence-electron chi connectivity index (χ4n) is 1.56. The molecule has 2 rings (SSSR count). The van der Waals surface area contributed by atoms with Gasteiger partial charge in [-0.2, -0.15) is 0 Å². The molecule has 1 amide bonds. The van der Waals surface area contributed by atoms with Crippen molar-refractivity contribution in [1.29, 1.82) is 0 Å². The van der Waals surface area contributed by atoms with Gasteiger partial charge in [0, 0.05) is 6.07 Å². The zero-order valence-electron chi connectivity index (χ0n) is 10.8. The first kappa shape index (κ1) is 13.7. The summed E-state index contributed by atoms with van der Waals surface area (Å²) < 4.78 is 10.8. The number of nitrogen functional groups attached to an aromatic ring is 1. The molecule has 0 aliphatic heterocycles. The molecule has 104 valence electrons. The number of rotatable bonds is 6. The maximum absolute atomic E-state index is 11.1. The van der Waals surface area contributed by atoms with Gasteiger partial charge in [-0.25, -0.2) is 4.98 Å². The summed E-state index contributed by atoms with van der Waals surface area (Å²) >= 11 is 0. The van der Waals surface area contributed by atoms with Crippen LogP contribution in [0.4, 0.5) is 5.69 Å². The van der Waals surface area contributed by atoms with E-state index >= 15 is 0 Å². The molecule has 0 spiro atoms. The second kappa shape index (κ2) is 6.42. The van der Waals surface area contributed by atoms with E-state index in [4.69, 9.17) is 20.9 Å². The summed E-state index contributed by atoms with van der Waals surface area (Å²) in [6.45, 7) is 0.659. The standard InChI is InChI=1S/C14H15N3O3/c15-12-9-17-13(8-11(12)14(16)18)20-7-6-19-10-4-2-1-3-5-10/h1-5,8-9H,6-7,15H2,(H2,16,18). The van der Waals surface area contributed by atoms with Gasteiger partial charge in [-0.1, -0.05) is 18.2 Å². The van der Waals surface area contributed by atoms with Crippen LogP contribution in [0.15, 0.2) is 42.6 Å². The molecule has 0 radical (unpaired) electrons. The largest absolute Gasteiger partial charge is 0.490 e. The normalized spacial score (nSPS) is 10.0. The van der Waals surface area contributed by atoms with Crippen molar-refractivity contribution < 1.29 is 14.3 Å². The summed E-state index contributed by atoms with van der Waals surface area (Å²) in [4.78, 5) is 15.1. The summed E-state index contributed by atoms with van der Waals surface area (Å²) in [5.41, 5.74) is 11.2. The number of primary amides is 1. The van der Waals surface area contributed by atoms with Crippen molar-refractivity contribution in [1.82, 2.24) is 4.98 Å². The van der Waals surface area contributed by atoms with E-state index in [9.17, 15) is 4.79 Å². The van der Waals surface area contributed by atoms with Crippen LogP contribution in [0, 0.1) is 0 Å². The van der Waals surface area contributed by atoms with Gasteiger partial charge in [0.25, 0.3) is 5.91 Å². The number of hydrogen-bond acceptors (Lipinski definition) is 5. The lowest BCUT2D eigenvalue weighted by Gasteiger charge is -2.09. The molecule has 0 fully saturated rings. The highest BCUT2D eigenvalue weighted by atomic mass is 16.5.